The molecule has 32 heavy (non-hydrogen) atoms. The lowest BCUT2D eigenvalue weighted by Crippen LogP contribution is -2.21. The molecule has 2 aromatic carbocycles. The van der Waals surface area contributed by atoms with Crippen LogP contribution in [0.2, 0.25) is 0 Å². The second-order valence-electron chi connectivity index (χ2n) is 6.85. The molecule has 0 atom stereocenters. The molecule has 4 rings (SSSR count). The van der Waals surface area contributed by atoms with Gasteiger partial charge in [-0.25, -0.2) is 8.42 Å². The number of aromatic nitrogens is 1. The Labute approximate surface area is 185 Å². The molecule has 5 nitrogen and oxygen atoms in total. The highest BCUT2D eigenvalue weighted by atomic mass is 32.2. The van der Waals surface area contributed by atoms with Crippen LogP contribution in [0, 0.1) is 0 Å². The van der Waals surface area contributed by atoms with Crippen LogP contribution in [0.4, 0.5) is 13.2 Å². The number of hydrogen-bond acceptors (Lipinski definition) is 5. The first-order valence-electron chi connectivity index (χ1n) is 9.28. The van der Waals surface area contributed by atoms with Crippen LogP contribution >= 0.6 is 11.3 Å². The van der Waals surface area contributed by atoms with Crippen LogP contribution in [0.1, 0.15) is 20.8 Å². The summed E-state index contributed by atoms with van der Waals surface area (Å²) in [5, 5.41) is 3.65. The number of rotatable bonds is 5. The Morgan fingerprint density at radius 3 is 2.44 bits per heavy atom. The van der Waals surface area contributed by atoms with Crippen molar-refractivity contribution in [1.29, 1.82) is 0 Å². The van der Waals surface area contributed by atoms with Crippen molar-refractivity contribution in [2.24, 2.45) is 0 Å². The zero-order valence-corrected chi connectivity index (χ0v) is 17.9. The van der Waals surface area contributed by atoms with E-state index in [4.69, 9.17) is 0 Å². The summed E-state index contributed by atoms with van der Waals surface area (Å²) < 4.78 is 66.1. The number of sulfone groups is 1. The molecule has 1 amide bonds. The Balaban J connectivity index is 1.50. The largest absolute Gasteiger partial charge is 0.417 e. The van der Waals surface area contributed by atoms with Gasteiger partial charge in [-0.3, -0.25) is 9.78 Å². The number of thiophene rings is 1. The Hall–Kier alpha value is -3.24. The van der Waals surface area contributed by atoms with Gasteiger partial charge in [0, 0.05) is 18.9 Å². The molecule has 0 aliphatic heterocycles. The quantitative estimate of drug-likeness (QED) is 0.436. The molecule has 1 N–H and O–H groups in total. The molecule has 0 spiro atoms. The Morgan fingerprint density at radius 1 is 1.03 bits per heavy atom. The molecule has 10 heteroatoms. The van der Waals surface area contributed by atoms with E-state index in [-0.39, 0.29) is 17.3 Å². The van der Waals surface area contributed by atoms with Gasteiger partial charge in [0.25, 0.3) is 5.91 Å². The number of hydrogen-bond donors (Lipinski definition) is 1. The van der Waals surface area contributed by atoms with Gasteiger partial charge < -0.3 is 5.32 Å². The van der Waals surface area contributed by atoms with Crippen LogP contribution in [-0.2, 0) is 22.6 Å². The number of carbonyl (C=O) groups excluding carboxylic acids is 1. The third-order valence-electron chi connectivity index (χ3n) is 4.72. The van der Waals surface area contributed by atoms with Gasteiger partial charge in [-0.1, -0.05) is 24.3 Å². The third-order valence-corrected chi connectivity index (χ3v) is 7.63. The highest BCUT2D eigenvalue weighted by Gasteiger charge is 2.37. The number of fused-ring (bicyclic) bond motifs is 1. The highest BCUT2D eigenvalue weighted by Crippen LogP contribution is 2.36. The van der Waals surface area contributed by atoms with Crippen LogP contribution < -0.4 is 5.32 Å². The molecule has 0 radical (unpaired) electrons. The number of carbonyl (C=O) groups is 1. The minimum Gasteiger partial charge on any atom is -0.347 e. The third kappa shape index (κ3) is 4.37. The zero-order chi connectivity index (χ0) is 22.9. The highest BCUT2D eigenvalue weighted by molar-refractivity contribution is 7.91. The fourth-order valence-corrected chi connectivity index (χ4v) is 5.54. The number of alkyl halides is 3. The predicted molar refractivity (Wildman–Crippen MR) is 114 cm³/mol. The van der Waals surface area contributed by atoms with Crippen molar-refractivity contribution in [2.45, 2.75) is 22.5 Å². The van der Waals surface area contributed by atoms with Crippen LogP contribution in [-0.4, -0.2) is 19.3 Å². The summed E-state index contributed by atoms with van der Waals surface area (Å²) in [7, 11) is -4.37. The van der Waals surface area contributed by atoms with Gasteiger partial charge in [-0.05, 0) is 47.3 Å². The lowest BCUT2D eigenvalue weighted by molar-refractivity contribution is -0.139. The summed E-state index contributed by atoms with van der Waals surface area (Å²) in [4.78, 5) is 15.9. The van der Waals surface area contributed by atoms with E-state index >= 15 is 0 Å². The van der Waals surface area contributed by atoms with E-state index in [2.05, 4.69) is 10.3 Å². The maximum absolute atomic E-state index is 13.2. The minimum atomic E-state index is -4.80. The second-order valence-corrected chi connectivity index (χ2v) is 9.85. The van der Waals surface area contributed by atoms with Gasteiger partial charge in [0.2, 0.25) is 9.84 Å². The summed E-state index contributed by atoms with van der Waals surface area (Å²) in [6, 6.07) is 13.0. The average molecular weight is 477 g/mol. The number of nitrogens with one attached hydrogen (secondary N) is 1. The molecule has 0 fully saturated rings. The molecule has 164 valence electrons. The van der Waals surface area contributed by atoms with Crippen molar-refractivity contribution in [3.05, 3.63) is 89.1 Å². The van der Waals surface area contributed by atoms with Gasteiger partial charge >= 0.3 is 6.18 Å². The Morgan fingerprint density at radius 2 is 1.75 bits per heavy atom. The van der Waals surface area contributed by atoms with Crippen LogP contribution in [0.15, 0.2) is 82.8 Å². The number of nitrogens with zero attached hydrogens (tertiary/aromatic N) is 1. The first-order valence-corrected chi connectivity index (χ1v) is 11.6. The molecule has 2 heterocycles. The summed E-state index contributed by atoms with van der Waals surface area (Å²) >= 11 is 1.30. The standard InChI is InChI=1S/C22H15F3N2O3S2/c23-22(24,25)17-3-1-2-4-20(17)32(29,30)16-7-5-14(6-8-16)12-27-21(28)18-11-15-9-10-26-13-19(15)31-18/h1-11,13H,12H2,(H,27,28). The molecular formula is C22H15F3N2O3S2. The van der Waals surface area contributed by atoms with Crippen molar-refractivity contribution in [3.8, 4) is 0 Å². The van der Waals surface area contributed by atoms with Crippen LogP contribution in [0.5, 0.6) is 0 Å². The normalized spacial score (nSPS) is 12.1. The molecule has 0 bridgehead atoms. The fourth-order valence-electron chi connectivity index (χ4n) is 3.11. The van der Waals surface area contributed by atoms with Crippen LogP contribution in [0.3, 0.4) is 0 Å². The molecule has 0 aliphatic carbocycles. The second kappa shape index (κ2) is 8.36. The molecule has 4 aromatic rings. The SMILES string of the molecule is O=C(NCc1ccc(S(=O)(=O)c2ccccc2C(F)(F)F)cc1)c1cc2ccncc2s1. The van der Waals surface area contributed by atoms with E-state index in [0.717, 1.165) is 28.3 Å². The Bertz CT molecular complexity index is 1360. The number of halogens is 3. The van der Waals surface area contributed by atoms with E-state index < -0.39 is 26.5 Å². The molecule has 0 aliphatic rings. The molecule has 0 unspecified atom stereocenters. The van der Waals surface area contributed by atoms with Gasteiger partial charge in [0.05, 0.1) is 24.9 Å². The summed E-state index contributed by atoms with van der Waals surface area (Å²) in [6.45, 7) is 0.130. The first-order chi connectivity index (χ1) is 15.2. The number of amides is 1. The maximum Gasteiger partial charge on any atom is 0.417 e. The summed E-state index contributed by atoms with van der Waals surface area (Å²) in [5.74, 6) is -0.290. The zero-order valence-electron chi connectivity index (χ0n) is 16.3. The Kier molecular flexibility index (Phi) is 5.74. The van der Waals surface area contributed by atoms with Crippen molar-refractivity contribution in [1.82, 2.24) is 10.3 Å². The molecule has 0 saturated heterocycles. The lowest BCUT2D eigenvalue weighted by atomic mass is 10.2. The monoisotopic (exact) mass is 476 g/mol. The van der Waals surface area contributed by atoms with Crippen molar-refractivity contribution in [2.75, 3.05) is 0 Å². The summed E-state index contributed by atoms with van der Waals surface area (Å²) in [6.07, 6.45) is -1.48. The van der Waals surface area contributed by atoms with Crippen molar-refractivity contribution in [3.63, 3.8) is 0 Å². The van der Waals surface area contributed by atoms with Crippen LogP contribution in [0.25, 0.3) is 10.1 Å². The fraction of sp³-hybridized carbons (Fsp3) is 0.0909. The lowest BCUT2D eigenvalue weighted by Gasteiger charge is -2.13. The van der Waals surface area contributed by atoms with E-state index in [0.29, 0.717) is 10.4 Å². The van der Waals surface area contributed by atoms with Crippen molar-refractivity contribution >= 4 is 37.2 Å². The minimum absolute atomic E-state index is 0.130. The molecular weight excluding hydrogens is 461 g/mol. The van der Waals surface area contributed by atoms with E-state index in [1.807, 2.05) is 0 Å². The van der Waals surface area contributed by atoms with Gasteiger partial charge in [-0.15, -0.1) is 11.3 Å². The van der Waals surface area contributed by atoms with Gasteiger partial charge in [0.15, 0.2) is 0 Å². The van der Waals surface area contributed by atoms with Crippen molar-refractivity contribution < 1.29 is 26.4 Å². The smallest absolute Gasteiger partial charge is 0.347 e. The van der Waals surface area contributed by atoms with E-state index in [1.54, 1.807) is 24.5 Å². The van der Waals surface area contributed by atoms with E-state index in [1.165, 1.54) is 41.7 Å². The first kappa shape index (κ1) is 22.0. The molecule has 0 saturated carbocycles. The number of pyridine rings is 1. The average Bonchev–Trinajstić information content (AvgIpc) is 3.22. The van der Waals surface area contributed by atoms with Gasteiger partial charge in [-0.2, -0.15) is 13.2 Å². The summed E-state index contributed by atoms with van der Waals surface area (Å²) in [5.41, 5.74) is -0.612. The van der Waals surface area contributed by atoms with E-state index in [9.17, 15) is 26.4 Å². The predicted octanol–water partition coefficient (Wildman–Crippen LogP) is 5.08. The topological polar surface area (TPSA) is 76.1 Å². The van der Waals surface area contributed by atoms with Gasteiger partial charge in [0.1, 0.15) is 0 Å². The maximum atomic E-state index is 13.2. The number of benzene rings is 2. The molecule has 2 aromatic heterocycles.